The summed E-state index contributed by atoms with van der Waals surface area (Å²) in [6.45, 7) is 2.36. The van der Waals surface area contributed by atoms with Gasteiger partial charge in [-0.25, -0.2) is 0 Å². The molecule has 2 atom stereocenters. The van der Waals surface area contributed by atoms with Gasteiger partial charge < -0.3 is 19.2 Å². The van der Waals surface area contributed by atoms with Crippen LogP contribution in [0.4, 0.5) is 6.01 Å². The molecule has 0 radical (unpaired) electrons. The van der Waals surface area contributed by atoms with Crippen LogP contribution in [0.2, 0.25) is 0 Å². The summed E-state index contributed by atoms with van der Waals surface area (Å²) in [5.74, 6) is 0.366. The Balaban J connectivity index is 2.55. The van der Waals surface area contributed by atoms with Crippen LogP contribution in [0.25, 0.3) is 0 Å². The molecule has 2 unspecified atom stereocenters. The predicted molar refractivity (Wildman–Crippen MR) is 59.7 cm³/mol. The highest BCUT2D eigenvalue weighted by molar-refractivity contribution is 6.20. The molecule has 16 heavy (non-hydrogen) atoms. The van der Waals surface area contributed by atoms with Crippen molar-refractivity contribution < 1.29 is 14.3 Å². The summed E-state index contributed by atoms with van der Waals surface area (Å²) in [5.41, 5.74) is 0. The first-order valence-corrected chi connectivity index (χ1v) is 5.33. The van der Waals surface area contributed by atoms with Gasteiger partial charge in [0.05, 0.1) is 19.3 Å². The predicted octanol–water partition coefficient (Wildman–Crippen LogP) is 0.813. The largest absolute Gasteiger partial charge is 0.406 e. The summed E-state index contributed by atoms with van der Waals surface area (Å²) in [6, 6.07) is 0.331. The third-order valence-corrected chi connectivity index (χ3v) is 2.13. The zero-order valence-corrected chi connectivity index (χ0v) is 10.3. The lowest BCUT2D eigenvalue weighted by atomic mass is 10.3. The molecule has 0 saturated carbocycles. The number of methoxy groups -OCH3 is 1. The van der Waals surface area contributed by atoms with E-state index in [0.29, 0.717) is 18.5 Å². The molecule has 0 fully saturated rings. The standard InChI is InChI=1S/C9H16ClN3O3/c1-6(10)8-11-12-9(16-8)13(2)4-7(14)5-15-3/h6-7,14H,4-5H2,1-3H3. The monoisotopic (exact) mass is 249 g/mol. The number of ether oxygens (including phenoxy) is 1. The quantitative estimate of drug-likeness (QED) is 0.753. The smallest absolute Gasteiger partial charge is 0.318 e. The van der Waals surface area contributed by atoms with Gasteiger partial charge >= 0.3 is 6.01 Å². The minimum Gasteiger partial charge on any atom is -0.406 e. The summed E-state index contributed by atoms with van der Waals surface area (Å²) in [4.78, 5) is 1.65. The van der Waals surface area contributed by atoms with Crippen LogP contribution >= 0.6 is 11.6 Å². The fraction of sp³-hybridized carbons (Fsp3) is 0.778. The van der Waals surface area contributed by atoms with Crippen molar-refractivity contribution in [3.05, 3.63) is 5.89 Å². The molecule has 92 valence electrons. The third kappa shape index (κ3) is 3.62. The van der Waals surface area contributed by atoms with Crippen LogP contribution in [0.3, 0.4) is 0 Å². The van der Waals surface area contributed by atoms with Crippen molar-refractivity contribution in [3.8, 4) is 0 Å². The van der Waals surface area contributed by atoms with Crippen molar-refractivity contribution in [2.75, 3.05) is 32.2 Å². The number of anilines is 1. The number of nitrogens with zero attached hydrogens (tertiary/aromatic N) is 3. The van der Waals surface area contributed by atoms with Crippen molar-refractivity contribution in [3.63, 3.8) is 0 Å². The molecule has 0 aromatic carbocycles. The molecule has 0 saturated heterocycles. The average Bonchev–Trinajstić information content (AvgIpc) is 2.66. The van der Waals surface area contributed by atoms with Crippen LogP contribution in [0.15, 0.2) is 4.42 Å². The van der Waals surface area contributed by atoms with Crippen molar-refractivity contribution in [2.24, 2.45) is 0 Å². The zero-order chi connectivity index (χ0) is 12.1. The molecule has 0 bridgehead atoms. The number of aliphatic hydroxyl groups is 1. The van der Waals surface area contributed by atoms with Gasteiger partial charge in [0.25, 0.3) is 0 Å². The molecule has 0 aliphatic heterocycles. The molecule has 7 heteroatoms. The molecule has 6 nitrogen and oxygen atoms in total. The van der Waals surface area contributed by atoms with E-state index in [4.69, 9.17) is 20.8 Å². The van der Waals surface area contributed by atoms with Gasteiger partial charge in [0.15, 0.2) is 0 Å². The maximum atomic E-state index is 9.51. The van der Waals surface area contributed by atoms with Gasteiger partial charge in [0.1, 0.15) is 5.38 Å². The topological polar surface area (TPSA) is 71.6 Å². The van der Waals surface area contributed by atoms with Gasteiger partial charge in [-0.2, -0.15) is 0 Å². The molecule has 0 spiro atoms. The second kappa shape index (κ2) is 6.03. The Morgan fingerprint density at radius 3 is 2.75 bits per heavy atom. The summed E-state index contributed by atoms with van der Waals surface area (Å²) in [6.07, 6.45) is -0.598. The number of alkyl halides is 1. The third-order valence-electron chi connectivity index (χ3n) is 1.94. The Hall–Kier alpha value is -0.850. The second-order valence-corrected chi connectivity index (χ2v) is 4.18. The van der Waals surface area contributed by atoms with E-state index in [1.165, 1.54) is 7.11 Å². The van der Waals surface area contributed by atoms with Gasteiger partial charge in [0.2, 0.25) is 5.89 Å². The first-order chi connectivity index (χ1) is 7.54. The Morgan fingerprint density at radius 2 is 2.25 bits per heavy atom. The fourth-order valence-electron chi connectivity index (χ4n) is 1.18. The molecule has 1 aromatic rings. The number of halogens is 1. The van der Waals surface area contributed by atoms with Gasteiger partial charge in [-0.1, -0.05) is 5.10 Å². The molecular formula is C9H16ClN3O3. The number of aliphatic hydroxyl groups excluding tert-OH is 1. The average molecular weight is 250 g/mol. The number of likely N-dealkylation sites (N-methyl/N-ethyl adjacent to an activating group) is 1. The zero-order valence-electron chi connectivity index (χ0n) is 9.55. The Morgan fingerprint density at radius 1 is 1.56 bits per heavy atom. The lowest BCUT2D eigenvalue weighted by molar-refractivity contribution is 0.0689. The molecule has 0 aliphatic carbocycles. The molecule has 0 aliphatic rings. The van der Waals surface area contributed by atoms with E-state index in [-0.39, 0.29) is 12.0 Å². The van der Waals surface area contributed by atoms with Crippen molar-refractivity contribution in [1.29, 1.82) is 0 Å². The van der Waals surface area contributed by atoms with Crippen LogP contribution in [0, 0.1) is 0 Å². The molecule has 0 amide bonds. The summed E-state index contributed by atoms with van der Waals surface area (Å²) >= 11 is 5.79. The van der Waals surface area contributed by atoms with E-state index in [9.17, 15) is 5.11 Å². The van der Waals surface area contributed by atoms with Gasteiger partial charge in [-0.3, -0.25) is 0 Å². The normalized spacial score (nSPS) is 14.8. The van der Waals surface area contributed by atoms with Crippen LogP contribution in [-0.4, -0.2) is 48.7 Å². The minimum atomic E-state index is -0.598. The van der Waals surface area contributed by atoms with E-state index in [2.05, 4.69) is 10.2 Å². The van der Waals surface area contributed by atoms with E-state index >= 15 is 0 Å². The summed E-state index contributed by atoms with van der Waals surface area (Å²) < 4.78 is 10.1. The minimum absolute atomic E-state index is 0.261. The number of hydrogen-bond donors (Lipinski definition) is 1. The van der Waals surface area contributed by atoms with E-state index in [1.807, 2.05) is 0 Å². The van der Waals surface area contributed by atoms with Gasteiger partial charge in [0, 0.05) is 14.2 Å². The number of rotatable bonds is 6. The molecular weight excluding hydrogens is 234 g/mol. The Kier molecular flexibility index (Phi) is 4.98. The van der Waals surface area contributed by atoms with Crippen molar-refractivity contribution in [2.45, 2.75) is 18.4 Å². The van der Waals surface area contributed by atoms with Crippen LogP contribution in [0.1, 0.15) is 18.2 Å². The first kappa shape index (κ1) is 13.2. The lowest BCUT2D eigenvalue weighted by Crippen LogP contribution is -2.32. The van der Waals surface area contributed by atoms with Gasteiger partial charge in [-0.05, 0) is 6.92 Å². The maximum absolute atomic E-state index is 9.51. The van der Waals surface area contributed by atoms with Crippen molar-refractivity contribution in [1.82, 2.24) is 10.2 Å². The highest BCUT2D eigenvalue weighted by Gasteiger charge is 2.16. The van der Waals surface area contributed by atoms with Crippen LogP contribution in [0.5, 0.6) is 0 Å². The summed E-state index contributed by atoms with van der Waals surface area (Å²) in [7, 11) is 3.28. The van der Waals surface area contributed by atoms with Gasteiger partial charge in [-0.15, -0.1) is 16.7 Å². The van der Waals surface area contributed by atoms with Crippen molar-refractivity contribution >= 4 is 17.6 Å². The highest BCUT2D eigenvalue weighted by atomic mass is 35.5. The molecule has 1 aromatic heterocycles. The van der Waals surface area contributed by atoms with Crippen LogP contribution < -0.4 is 4.90 Å². The Bertz CT molecular complexity index is 319. The first-order valence-electron chi connectivity index (χ1n) is 4.90. The maximum Gasteiger partial charge on any atom is 0.318 e. The van der Waals surface area contributed by atoms with E-state index < -0.39 is 6.10 Å². The highest BCUT2D eigenvalue weighted by Crippen LogP contribution is 2.20. The molecule has 1 N–H and O–H groups in total. The second-order valence-electron chi connectivity index (χ2n) is 3.53. The van der Waals surface area contributed by atoms with Crippen LogP contribution in [-0.2, 0) is 4.74 Å². The molecule has 1 rings (SSSR count). The van der Waals surface area contributed by atoms with E-state index in [1.54, 1.807) is 18.9 Å². The Labute approximate surface area is 99.2 Å². The van der Waals surface area contributed by atoms with E-state index in [0.717, 1.165) is 0 Å². The molecule has 1 heterocycles. The number of hydrogen-bond acceptors (Lipinski definition) is 6. The summed E-state index contributed by atoms with van der Waals surface area (Å²) in [5, 5.41) is 16.8. The fourth-order valence-corrected chi connectivity index (χ4v) is 1.27. The SMILES string of the molecule is COCC(O)CN(C)c1nnc(C(C)Cl)o1. The number of aromatic nitrogens is 2. The lowest BCUT2D eigenvalue weighted by Gasteiger charge is -2.17.